The average molecular weight is 359 g/mol. The van der Waals surface area contributed by atoms with E-state index in [2.05, 4.69) is 27.2 Å². The van der Waals surface area contributed by atoms with Gasteiger partial charge in [-0.25, -0.2) is 18.1 Å². The lowest BCUT2D eigenvalue weighted by atomic mass is 10.2. The molecule has 0 aliphatic heterocycles. The predicted molar refractivity (Wildman–Crippen MR) is 97.6 cm³/mol. The zero-order valence-corrected chi connectivity index (χ0v) is 14.7. The van der Waals surface area contributed by atoms with E-state index in [0.717, 1.165) is 21.1 Å². The monoisotopic (exact) mass is 359 g/mol. The van der Waals surface area contributed by atoms with Gasteiger partial charge in [-0.3, -0.25) is 0 Å². The lowest BCUT2D eigenvalue weighted by molar-refractivity contribution is 0.588. The van der Waals surface area contributed by atoms with Crippen molar-refractivity contribution in [1.82, 2.24) is 9.71 Å². The highest BCUT2D eigenvalue weighted by molar-refractivity contribution is 7.89. The molecule has 2 aromatic carbocycles. The molecular formula is C17H17N3O2S2. The van der Waals surface area contributed by atoms with E-state index in [4.69, 9.17) is 0 Å². The normalized spacial score (nSPS) is 11.4. The summed E-state index contributed by atoms with van der Waals surface area (Å²) in [4.78, 5) is 5.74. The molecule has 0 radical (unpaired) electrons. The standard InChI is InChI=1S/C17H17N3O2S2/c1-18-24(21,22)15-9-7-13(8-10-15)11-19-17-20-12-16(23-17)14-5-3-2-4-6-14/h2-10,12,18H,11H2,1H3,(H,19,20). The van der Waals surface area contributed by atoms with Crippen molar-refractivity contribution >= 4 is 26.5 Å². The minimum Gasteiger partial charge on any atom is -0.357 e. The zero-order valence-electron chi connectivity index (χ0n) is 13.1. The molecular weight excluding hydrogens is 342 g/mol. The van der Waals surface area contributed by atoms with Crippen LogP contribution in [-0.2, 0) is 16.6 Å². The SMILES string of the molecule is CNS(=O)(=O)c1ccc(CNc2ncc(-c3ccccc3)s2)cc1. The molecule has 0 unspecified atom stereocenters. The van der Waals surface area contributed by atoms with Gasteiger partial charge in [-0.05, 0) is 30.3 Å². The van der Waals surface area contributed by atoms with Gasteiger partial charge in [0.1, 0.15) is 0 Å². The van der Waals surface area contributed by atoms with Crippen LogP contribution in [-0.4, -0.2) is 20.4 Å². The van der Waals surface area contributed by atoms with Gasteiger partial charge in [-0.2, -0.15) is 0 Å². The van der Waals surface area contributed by atoms with E-state index in [1.165, 1.54) is 7.05 Å². The summed E-state index contributed by atoms with van der Waals surface area (Å²) in [5, 5.41) is 4.10. The van der Waals surface area contributed by atoms with Crippen LogP contribution in [0.25, 0.3) is 10.4 Å². The Kier molecular flexibility index (Phi) is 4.94. The van der Waals surface area contributed by atoms with E-state index in [1.54, 1.807) is 35.6 Å². The Hall–Kier alpha value is -2.22. The van der Waals surface area contributed by atoms with Crippen LogP contribution in [0.1, 0.15) is 5.56 Å². The van der Waals surface area contributed by atoms with Crippen LogP contribution in [0.2, 0.25) is 0 Å². The van der Waals surface area contributed by atoms with Crippen molar-refractivity contribution in [2.24, 2.45) is 0 Å². The Morgan fingerprint density at radius 3 is 2.42 bits per heavy atom. The lowest BCUT2D eigenvalue weighted by Crippen LogP contribution is -2.18. The molecule has 3 aromatic rings. The van der Waals surface area contributed by atoms with Gasteiger partial charge in [-0.1, -0.05) is 53.8 Å². The maximum Gasteiger partial charge on any atom is 0.240 e. The molecule has 124 valence electrons. The molecule has 0 bridgehead atoms. The Balaban J connectivity index is 1.65. The molecule has 0 aliphatic rings. The molecule has 5 nitrogen and oxygen atoms in total. The van der Waals surface area contributed by atoms with Crippen LogP contribution < -0.4 is 10.0 Å². The van der Waals surface area contributed by atoms with E-state index in [9.17, 15) is 8.42 Å². The smallest absolute Gasteiger partial charge is 0.240 e. The fourth-order valence-electron chi connectivity index (χ4n) is 2.17. The quantitative estimate of drug-likeness (QED) is 0.708. The van der Waals surface area contributed by atoms with Crippen molar-refractivity contribution in [3.8, 4) is 10.4 Å². The Labute approximate surface area is 145 Å². The first-order chi connectivity index (χ1) is 11.6. The Morgan fingerprint density at radius 1 is 1.04 bits per heavy atom. The largest absolute Gasteiger partial charge is 0.357 e. The first kappa shape index (κ1) is 16.6. The van der Waals surface area contributed by atoms with E-state index in [1.807, 2.05) is 24.4 Å². The Bertz CT molecular complexity index is 905. The maximum absolute atomic E-state index is 11.7. The number of aromatic nitrogens is 1. The summed E-state index contributed by atoms with van der Waals surface area (Å²) in [5.74, 6) is 0. The molecule has 24 heavy (non-hydrogen) atoms. The van der Waals surface area contributed by atoms with E-state index in [0.29, 0.717) is 6.54 Å². The first-order valence-corrected chi connectivity index (χ1v) is 9.66. The van der Waals surface area contributed by atoms with Crippen molar-refractivity contribution in [3.05, 3.63) is 66.4 Å². The fourth-order valence-corrected chi connectivity index (χ4v) is 3.72. The number of thiazole rings is 1. The average Bonchev–Trinajstić information content (AvgIpc) is 3.10. The Morgan fingerprint density at radius 2 is 1.75 bits per heavy atom. The fraction of sp³-hybridized carbons (Fsp3) is 0.118. The van der Waals surface area contributed by atoms with Gasteiger partial charge >= 0.3 is 0 Å². The van der Waals surface area contributed by atoms with Crippen molar-refractivity contribution in [2.75, 3.05) is 12.4 Å². The number of rotatable bonds is 6. The van der Waals surface area contributed by atoms with Gasteiger partial charge in [0.2, 0.25) is 10.0 Å². The molecule has 0 saturated carbocycles. The second-order valence-corrected chi connectivity index (χ2v) is 8.02. The number of sulfonamides is 1. The van der Waals surface area contributed by atoms with Gasteiger partial charge in [0.15, 0.2) is 5.13 Å². The molecule has 1 aromatic heterocycles. The molecule has 3 rings (SSSR count). The number of benzene rings is 2. The molecule has 0 atom stereocenters. The number of hydrogen-bond donors (Lipinski definition) is 2. The lowest BCUT2D eigenvalue weighted by Gasteiger charge is -2.05. The van der Waals surface area contributed by atoms with Crippen LogP contribution in [0, 0.1) is 0 Å². The second-order valence-electron chi connectivity index (χ2n) is 5.10. The van der Waals surface area contributed by atoms with Crippen LogP contribution in [0.4, 0.5) is 5.13 Å². The summed E-state index contributed by atoms with van der Waals surface area (Å²) in [6, 6.07) is 16.9. The second kappa shape index (κ2) is 7.12. The predicted octanol–water partition coefficient (Wildman–Crippen LogP) is 3.33. The number of hydrogen-bond acceptors (Lipinski definition) is 5. The first-order valence-electron chi connectivity index (χ1n) is 7.36. The molecule has 2 N–H and O–H groups in total. The van der Waals surface area contributed by atoms with Crippen LogP contribution in [0.3, 0.4) is 0 Å². The number of nitrogens with zero attached hydrogens (tertiary/aromatic N) is 1. The summed E-state index contributed by atoms with van der Waals surface area (Å²) in [6.45, 7) is 0.585. The maximum atomic E-state index is 11.7. The van der Waals surface area contributed by atoms with Crippen LogP contribution >= 0.6 is 11.3 Å². The van der Waals surface area contributed by atoms with Crippen molar-refractivity contribution in [2.45, 2.75) is 11.4 Å². The van der Waals surface area contributed by atoms with Crippen LogP contribution in [0.15, 0.2) is 65.7 Å². The van der Waals surface area contributed by atoms with Crippen LogP contribution in [0.5, 0.6) is 0 Å². The molecule has 0 aliphatic carbocycles. The minimum absolute atomic E-state index is 0.259. The third-order valence-corrected chi connectivity index (χ3v) is 5.94. The highest BCUT2D eigenvalue weighted by Gasteiger charge is 2.10. The van der Waals surface area contributed by atoms with Crippen molar-refractivity contribution < 1.29 is 8.42 Å². The van der Waals surface area contributed by atoms with Gasteiger partial charge in [0.25, 0.3) is 0 Å². The summed E-state index contributed by atoms with van der Waals surface area (Å²) >= 11 is 1.59. The highest BCUT2D eigenvalue weighted by atomic mass is 32.2. The summed E-state index contributed by atoms with van der Waals surface area (Å²) in [7, 11) is -1.99. The topological polar surface area (TPSA) is 71.1 Å². The molecule has 0 spiro atoms. The molecule has 0 amide bonds. The van der Waals surface area contributed by atoms with Gasteiger partial charge in [0, 0.05) is 12.7 Å². The number of anilines is 1. The number of nitrogens with one attached hydrogen (secondary N) is 2. The van der Waals surface area contributed by atoms with Gasteiger partial charge in [-0.15, -0.1) is 0 Å². The van der Waals surface area contributed by atoms with Crippen molar-refractivity contribution in [1.29, 1.82) is 0 Å². The summed E-state index contributed by atoms with van der Waals surface area (Å²) in [6.07, 6.45) is 1.85. The van der Waals surface area contributed by atoms with Gasteiger partial charge in [0.05, 0.1) is 9.77 Å². The molecule has 0 fully saturated rings. The molecule has 0 saturated heterocycles. The van der Waals surface area contributed by atoms with E-state index in [-0.39, 0.29) is 4.90 Å². The molecule has 1 heterocycles. The summed E-state index contributed by atoms with van der Waals surface area (Å²) < 4.78 is 25.7. The zero-order chi connectivity index (χ0) is 17.0. The highest BCUT2D eigenvalue weighted by Crippen LogP contribution is 2.28. The van der Waals surface area contributed by atoms with E-state index < -0.39 is 10.0 Å². The third kappa shape index (κ3) is 3.81. The van der Waals surface area contributed by atoms with E-state index >= 15 is 0 Å². The minimum atomic E-state index is -3.39. The summed E-state index contributed by atoms with van der Waals surface area (Å²) in [5.41, 5.74) is 2.13. The van der Waals surface area contributed by atoms with Crippen molar-refractivity contribution in [3.63, 3.8) is 0 Å². The van der Waals surface area contributed by atoms with Gasteiger partial charge < -0.3 is 5.32 Å². The molecule has 7 heteroatoms. The third-order valence-electron chi connectivity index (χ3n) is 3.51.